The molecule has 2 nitrogen and oxygen atoms in total. The Kier molecular flexibility index (Phi) is 3.46. The highest BCUT2D eigenvalue weighted by molar-refractivity contribution is 7.16. The molecule has 0 saturated heterocycles. The summed E-state index contributed by atoms with van der Waals surface area (Å²) < 4.78 is 0.876. The third-order valence-electron chi connectivity index (χ3n) is 3.15. The molecule has 2 heterocycles. The first-order valence-electron chi connectivity index (χ1n) is 5.88. The van der Waals surface area contributed by atoms with E-state index in [4.69, 9.17) is 23.2 Å². The molecule has 0 radical (unpaired) electrons. The van der Waals surface area contributed by atoms with Crippen LogP contribution in [0.3, 0.4) is 0 Å². The zero-order chi connectivity index (χ0) is 12.5. The highest BCUT2D eigenvalue weighted by Gasteiger charge is 2.22. The zero-order valence-corrected chi connectivity index (χ0v) is 11.9. The predicted molar refractivity (Wildman–Crippen MR) is 77.9 cm³/mol. The molecule has 0 aromatic carbocycles. The minimum Gasteiger partial charge on any atom is -0.378 e. The first-order valence-corrected chi connectivity index (χ1v) is 7.46. The molecule has 0 amide bonds. The van der Waals surface area contributed by atoms with Crippen LogP contribution in [-0.2, 0) is 6.42 Å². The molecule has 2 aromatic heterocycles. The van der Waals surface area contributed by atoms with Crippen molar-refractivity contribution in [2.75, 3.05) is 5.32 Å². The SMILES string of the molecule is Clc1cc(NC2CCCc3sc(Cl)cc32)ccn1. The number of fused-ring (bicyclic) bond motifs is 1. The number of rotatable bonds is 2. The van der Waals surface area contributed by atoms with E-state index in [0.717, 1.165) is 22.9 Å². The van der Waals surface area contributed by atoms with Gasteiger partial charge in [0.2, 0.25) is 0 Å². The molecule has 1 aliphatic carbocycles. The van der Waals surface area contributed by atoms with Crippen molar-refractivity contribution in [2.45, 2.75) is 25.3 Å². The molecule has 1 aliphatic rings. The summed E-state index contributed by atoms with van der Waals surface area (Å²) in [6.07, 6.45) is 5.18. The van der Waals surface area contributed by atoms with Crippen molar-refractivity contribution in [2.24, 2.45) is 0 Å². The third-order valence-corrected chi connectivity index (χ3v) is 4.70. The maximum absolute atomic E-state index is 6.10. The summed E-state index contributed by atoms with van der Waals surface area (Å²) in [5.41, 5.74) is 2.35. The molecule has 1 unspecified atom stereocenters. The fraction of sp³-hybridized carbons (Fsp3) is 0.308. The van der Waals surface area contributed by atoms with Gasteiger partial charge in [-0.1, -0.05) is 23.2 Å². The highest BCUT2D eigenvalue weighted by Crippen LogP contribution is 2.39. The van der Waals surface area contributed by atoms with Gasteiger partial charge in [0, 0.05) is 16.8 Å². The fourth-order valence-electron chi connectivity index (χ4n) is 2.36. The second-order valence-electron chi connectivity index (χ2n) is 4.39. The lowest BCUT2D eigenvalue weighted by molar-refractivity contribution is 0.609. The Labute approximate surface area is 120 Å². The molecule has 94 valence electrons. The molecule has 3 rings (SSSR count). The predicted octanol–water partition coefficient (Wildman–Crippen LogP) is 4.94. The standard InChI is InChI=1S/C13H12Cl2N2S/c14-12-6-8(4-5-16-12)17-10-2-1-3-11-9(10)7-13(15)18-11/h4-7,10H,1-3H2,(H,16,17). The largest absolute Gasteiger partial charge is 0.378 e. The van der Waals surface area contributed by atoms with Gasteiger partial charge in [-0.3, -0.25) is 0 Å². The summed E-state index contributed by atoms with van der Waals surface area (Å²) in [6.45, 7) is 0. The summed E-state index contributed by atoms with van der Waals surface area (Å²) in [6, 6.07) is 6.20. The number of hydrogen-bond acceptors (Lipinski definition) is 3. The van der Waals surface area contributed by atoms with Crippen LogP contribution in [0.1, 0.15) is 29.3 Å². The molecule has 18 heavy (non-hydrogen) atoms. The number of aryl methyl sites for hydroxylation is 1. The highest BCUT2D eigenvalue weighted by atomic mass is 35.5. The normalized spacial score (nSPS) is 18.4. The molecule has 0 bridgehead atoms. The van der Waals surface area contributed by atoms with E-state index in [0.29, 0.717) is 11.2 Å². The number of pyridine rings is 1. The fourth-order valence-corrected chi connectivity index (χ4v) is 3.92. The lowest BCUT2D eigenvalue weighted by Gasteiger charge is -2.24. The van der Waals surface area contributed by atoms with Crippen molar-refractivity contribution >= 4 is 40.2 Å². The van der Waals surface area contributed by atoms with Gasteiger partial charge in [-0.2, -0.15) is 0 Å². The molecule has 0 saturated carbocycles. The zero-order valence-electron chi connectivity index (χ0n) is 9.62. The molecule has 2 aromatic rings. The second-order valence-corrected chi connectivity index (χ2v) is 6.54. The van der Waals surface area contributed by atoms with Crippen molar-refractivity contribution < 1.29 is 0 Å². The van der Waals surface area contributed by atoms with E-state index < -0.39 is 0 Å². The minimum atomic E-state index is 0.330. The lowest BCUT2D eigenvalue weighted by atomic mass is 9.94. The smallest absolute Gasteiger partial charge is 0.131 e. The van der Waals surface area contributed by atoms with Crippen LogP contribution in [0.2, 0.25) is 9.49 Å². The van der Waals surface area contributed by atoms with E-state index in [-0.39, 0.29) is 0 Å². The summed E-state index contributed by atoms with van der Waals surface area (Å²) >= 11 is 13.7. The first kappa shape index (κ1) is 12.3. The number of thiophene rings is 1. The Hall–Kier alpha value is -0.770. The van der Waals surface area contributed by atoms with Crippen LogP contribution in [0.4, 0.5) is 5.69 Å². The Morgan fingerprint density at radius 2 is 2.22 bits per heavy atom. The monoisotopic (exact) mass is 298 g/mol. The Morgan fingerprint density at radius 3 is 3.06 bits per heavy atom. The van der Waals surface area contributed by atoms with Gasteiger partial charge in [0.05, 0.1) is 10.4 Å². The molecular formula is C13H12Cl2N2S. The average Bonchev–Trinajstić information content (AvgIpc) is 2.71. The summed E-state index contributed by atoms with van der Waals surface area (Å²) in [7, 11) is 0. The maximum Gasteiger partial charge on any atom is 0.131 e. The van der Waals surface area contributed by atoms with Crippen LogP contribution >= 0.6 is 34.5 Å². The summed E-state index contributed by atoms with van der Waals surface area (Å²) in [5, 5.41) is 4.03. The van der Waals surface area contributed by atoms with Crippen molar-refractivity contribution in [3.8, 4) is 0 Å². The van der Waals surface area contributed by atoms with Crippen LogP contribution in [0.15, 0.2) is 24.4 Å². The van der Waals surface area contributed by atoms with Crippen molar-refractivity contribution in [3.63, 3.8) is 0 Å². The molecule has 0 aliphatic heterocycles. The Morgan fingerprint density at radius 1 is 1.33 bits per heavy atom. The van der Waals surface area contributed by atoms with Gasteiger partial charge in [0.25, 0.3) is 0 Å². The van der Waals surface area contributed by atoms with E-state index in [9.17, 15) is 0 Å². The third kappa shape index (κ3) is 2.48. The van der Waals surface area contributed by atoms with E-state index >= 15 is 0 Å². The van der Waals surface area contributed by atoms with Gasteiger partial charge >= 0.3 is 0 Å². The Balaban J connectivity index is 1.86. The number of aromatic nitrogens is 1. The molecule has 5 heteroatoms. The molecular weight excluding hydrogens is 287 g/mol. The van der Waals surface area contributed by atoms with E-state index in [1.807, 2.05) is 12.1 Å². The van der Waals surface area contributed by atoms with Crippen LogP contribution in [0.25, 0.3) is 0 Å². The van der Waals surface area contributed by atoms with E-state index in [1.165, 1.54) is 16.9 Å². The van der Waals surface area contributed by atoms with E-state index in [2.05, 4.69) is 16.4 Å². The second kappa shape index (κ2) is 5.08. The number of anilines is 1. The lowest BCUT2D eigenvalue weighted by Crippen LogP contribution is -2.15. The molecule has 0 spiro atoms. The summed E-state index contributed by atoms with van der Waals surface area (Å²) in [4.78, 5) is 5.39. The van der Waals surface area contributed by atoms with Crippen LogP contribution in [-0.4, -0.2) is 4.98 Å². The van der Waals surface area contributed by atoms with E-state index in [1.54, 1.807) is 17.5 Å². The first-order chi connectivity index (χ1) is 8.72. The minimum absolute atomic E-state index is 0.330. The number of nitrogens with zero attached hydrogens (tertiary/aromatic N) is 1. The molecule has 1 N–H and O–H groups in total. The van der Waals surface area contributed by atoms with Gasteiger partial charge < -0.3 is 5.32 Å². The van der Waals surface area contributed by atoms with Gasteiger partial charge in [0.1, 0.15) is 5.15 Å². The maximum atomic E-state index is 6.10. The molecule has 0 fully saturated rings. The van der Waals surface area contributed by atoms with Crippen molar-refractivity contribution in [3.05, 3.63) is 44.3 Å². The average molecular weight is 299 g/mol. The number of halogens is 2. The van der Waals surface area contributed by atoms with Gasteiger partial charge in [-0.25, -0.2) is 4.98 Å². The van der Waals surface area contributed by atoms with Gasteiger partial charge in [-0.05, 0) is 43.0 Å². The van der Waals surface area contributed by atoms with Crippen molar-refractivity contribution in [1.82, 2.24) is 4.98 Å². The van der Waals surface area contributed by atoms with Gasteiger partial charge in [0.15, 0.2) is 0 Å². The van der Waals surface area contributed by atoms with Crippen LogP contribution in [0, 0.1) is 0 Å². The quantitative estimate of drug-likeness (QED) is 0.794. The van der Waals surface area contributed by atoms with Crippen molar-refractivity contribution in [1.29, 1.82) is 0 Å². The Bertz CT molecular complexity index is 568. The van der Waals surface area contributed by atoms with Crippen LogP contribution in [0.5, 0.6) is 0 Å². The number of nitrogens with one attached hydrogen (secondary N) is 1. The van der Waals surface area contributed by atoms with Gasteiger partial charge in [-0.15, -0.1) is 11.3 Å². The molecule has 1 atom stereocenters. The number of hydrogen-bond donors (Lipinski definition) is 1. The summed E-state index contributed by atoms with van der Waals surface area (Å²) in [5.74, 6) is 0. The topological polar surface area (TPSA) is 24.9 Å². The van der Waals surface area contributed by atoms with Crippen LogP contribution < -0.4 is 5.32 Å².